The van der Waals surface area contributed by atoms with Crippen LogP contribution in [0, 0.1) is 0 Å². The number of nitrogens with zero attached hydrogens (tertiary/aromatic N) is 2. The molecule has 0 saturated carbocycles. The molecule has 2 N–H and O–H groups in total. The molecule has 0 bridgehead atoms. The van der Waals surface area contributed by atoms with Crippen LogP contribution in [0.1, 0.15) is 32.0 Å². The van der Waals surface area contributed by atoms with Crippen molar-refractivity contribution in [2.24, 2.45) is 12.8 Å². The Bertz CT molecular complexity index is 547. The van der Waals surface area contributed by atoms with E-state index in [1.165, 1.54) is 11.1 Å². The van der Waals surface area contributed by atoms with E-state index in [1.807, 2.05) is 23.9 Å². The van der Waals surface area contributed by atoms with E-state index in [4.69, 9.17) is 5.73 Å². The summed E-state index contributed by atoms with van der Waals surface area (Å²) in [4.78, 5) is 0. The maximum absolute atomic E-state index is 5.83. The highest BCUT2D eigenvalue weighted by molar-refractivity contribution is 5.70. The van der Waals surface area contributed by atoms with Crippen molar-refractivity contribution in [1.82, 2.24) is 9.78 Å². The number of nitrogens with two attached hydrogens (primary N) is 1. The fraction of sp³-hybridized carbons (Fsp3) is 0.400. The van der Waals surface area contributed by atoms with Gasteiger partial charge in [-0.3, -0.25) is 4.68 Å². The lowest BCUT2D eigenvalue weighted by Gasteiger charge is -2.18. The Labute approximate surface area is 109 Å². The van der Waals surface area contributed by atoms with E-state index in [9.17, 15) is 0 Å². The second kappa shape index (κ2) is 4.58. The van der Waals surface area contributed by atoms with E-state index in [-0.39, 0.29) is 5.41 Å². The summed E-state index contributed by atoms with van der Waals surface area (Å²) >= 11 is 0. The summed E-state index contributed by atoms with van der Waals surface area (Å²) in [6, 6.07) is 8.27. The van der Waals surface area contributed by atoms with Crippen LogP contribution in [0.25, 0.3) is 11.1 Å². The van der Waals surface area contributed by atoms with Crippen LogP contribution in [0.4, 0.5) is 0 Å². The zero-order chi connectivity index (χ0) is 13.3. The minimum absolute atomic E-state index is 0.0261. The quantitative estimate of drug-likeness (QED) is 0.881. The molecule has 1 aromatic carbocycles. The van der Waals surface area contributed by atoms with Gasteiger partial charge < -0.3 is 5.73 Å². The molecule has 2 aromatic rings. The minimum Gasteiger partial charge on any atom is -0.326 e. The van der Waals surface area contributed by atoms with E-state index in [0.29, 0.717) is 6.54 Å². The van der Waals surface area contributed by atoms with Crippen LogP contribution >= 0.6 is 0 Å². The van der Waals surface area contributed by atoms with Crippen molar-refractivity contribution in [2.75, 3.05) is 0 Å². The Kier molecular flexibility index (Phi) is 3.26. The van der Waals surface area contributed by atoms with Gasteiger partial charge in [0.15, 0.2) is 0 Å². The van der Waals surface area contributed by atoms with Crippen molar-refractivity contribution >= 4 is 0 Å². The molecule has 0 atom stereocenters. The van der Waals surface area contributed by atoms with Crippen LogP contribution in [0.3, 0.4) is 0 Å². The first-order valence-electron chi connectivity index (χ1n) is 6.26. The van der Waals surface area contributed by atoms with Gasteiger partial charge in [-0.05, 0) is 11.1 Å². The van der Waals surface area contributed by atoms with Gasteiger partial charge >= 0.3 is 0 Å². The molecule has 1 aromatic heterocycles. The Hall–Kier alpha value is -1.61. The fourth-order valence-corrected chi connectivity index (χ4v) is 2.20. The Balaban J connectivity index is 2.64. The topological polar surface area (TPSA) is 43.8 Å². The molecule has 0 unspecified atom stereocenters. The van der Waals surface area contributed by atoms with Gasteiger partial charge in [0.1, 0.15) is 0 Å². The summed E-state index contributed by atoms with van der Waals surface area (Å²) in [6.07, 6.45) is 2.08. The molecule has 3 heteroatoms. The van der Waals surface area contributed by atoms with Gasteiger partial charge in [0.2, 0.25) is 0 Å². The molecular formula is C15H21N3. The predicted octanol–water partition coefficient (Wildman–Crippen LogP) is 2.84. The molecule has 0 aliphatic carbocycles. The number of hydrogen-bond donors (Lipinski definition) is 1. The number of rotatable bonds is 2. The van der Waals surface area contributed by atoms with Crippen molar-refractivity contribution in [3.63, 3.8) is 0 Å². The van der Waals surface area contributed by atoms with E-state index >= 15 is 0 Å². The van der Waals surface area contributed by atoms with Crippen molar-refractivity contribution in [2.45, 2.75) is 32.7 Å². The molecular weight excluding hydrogens is 222 g/mol. The normalized spacial score (nSPS) is 11.8. The molecule has 0 amide bonds. The first-order valence-corrected chi connectivity index (χ1v) is 6.26. The molecule has 0 radical (unpaired) electrons. The largest absolute Gasteiger partial charge is 0.326 e. The van der Waals surface area contributed by atoms with Gasteiger partial charge in [-0.2, -0.15) is 5.10 Å². The molecule has 0 fully saturated rings. The number of aryl methyl sites for hydroxylation is 1. The highest BCUT2D eigenvalue weighted by Gasteiger charge is 2.23. The van der Waals surface area contributed by atoms with Gasteiger partial charge in [0, 0.05) is 30.8 Å². The second-order valence-electron chi connectivity index (χ2n) is 5.68. The van der Waals surface area contributed by atoms with Gasteiger partial charge in [0.25, 0.3) is 0 Å². The molecule has 96 valence electrons. The smallest absolute Gasteiger partial charge is 0.0756 e. The Morgan fingerprint density at radius 1 is 1.17 bits per heavy atom. The van der Waals surface area contributed by atoms with Crippen molar-refractivity contribution in [3.8, 4) is 11.1 Å². The van der Waals surface area contributed by atoms with E-state index in [2.05, 4.69) is 44.2 Å². The molecule has 0 spiro atoms. The molecule has 2 rings (SSSR count). The molecule has 0 saturated heterocycles. The fourth-order valence-electron chi connectivity index (χ4n) is 2.20. The van der Waals surface area contributed by atoms with Crippen LogP contribution < -0.4 is 5.73 Å². The zero-order valence-corrected chi connectivity index (χ0v) is 11.6. The van der Waals surface area contributed by atoms with Crippen LogP contribution in [0.2, 0.25) is 0 Å². The van der Waals surface area contributed by atoms with E-state index in [1.54, 1.807) is 0 Å². The average Bonchev–Trinajstić information content (AvgIpc) is 2.71. The molecule has 1 heterocycles. The van der Waals surface area contributed by atoms with Crippen molar-refractivity contribution in [1.29, 1.82) is 0 Å². The third kappa shape index (κ3) is 2.31. The lowest BCUT2D eigenvalue weighted by molar-refractivity contribution is 0.554. The van der Waals surface area contributed by atoms with Gasteiger partial charge in [-0.1, -0.05) is 45.0 Å². The predicted molar refractivity (Wildman–Crippen MR) is 75.2 cm³/mol. The lowest BCUT2D eigenvalue weighted by Crippen LogP contribution is -2.14. The molecule has 3 nitrogen and oxygen atoms in total. The summed E-state index contributed by atoms with van der Waals surface area (Å²) < 4.78 is 1.88. The summed E-state index contributed by atoms with van der Waals surface area (Å²) in [5.41, 5.74) is 10.5. The zero-order valence-electron chi connectivity index (χ0n) is 11.6. The standard InChI is InChI=1S/C15H21N3/c1-15(2,3)14-13(10-18(4)17-14)12-8-6-5-7-11(12)9-16/h5-8,10H,9,16H2,1-4H3. The third-order valence-corrected chi connectivity index (χ3v) is 3.07. The Morgan fingerprint density at radius 3 is 2.44 bits per heavy atom. The lowest BCUT2D eigenvalue weighted by atomic mass is 9.86. The number of hydrogen-bond acceptors (Lipinski definition) is 2. The van der Waals surface area contributed by atoms with E-state index < -0.39 is 0 Å². The SMILES string of the molecule is Cn1cc(-c2ccccc2CN)c(C(C)(C)C)n1. The van der Waals surface area contributed by atoms with Crippen molar-refractivity contribution in [3.05, 3.63) is 41.7 Å². The Morgan fingerprint density at radius 2 is 1.83 bits per heavy atom. The third-order valence-electron chi connectivity index (χ3n) is 3.07. The number of aromatic nitrogens is 2. The van der Waals surface area contributed by atoms with Crippen LogP contribution in [0.5, 0.6) is 0 Å². The van der Waals surface area contributed by atoms with Crippen molar-refractivity contribution < 1.29 is 0 Å². The van der Waals surface area contributed by atoms with Gasteiger partial charge in [-0.15, -0.1) is 0 Å². The van der Waals surface area contributed by atoms with E-state index in [0.717, 1.165) is 11.3 Å². The second-order valence-corrected chi connectivity index (χ2v) is 5.68. The molecule has 0 aliphatic heterocycles. The maximum atomic E-state index is 5.83. The van der Waals surface area contributed by atoms with Crippen LogP contribution in [-0.4, -0.2) is 9.78 Å². The molecule has 0 aliphatic rings. The van der Waals surface area contributed by atoms with Gasteiger partial charge in [-0.25, -0.2) is 0 Å². The monoisotopic (exact) mass is 243 g/mol. The summed E-state index contributed by atoms with van der Waals surface area (Å²) in [5.74, 6) is 0. The first kappa shape index (κ1) is 12.8. The highest BCUT2D eigenvalue weighted by atomic mass is 15.3. The average molecular weight is 243 g/mol. The molecule has 18 heavy (non-hydrogen) atoms. The van der Waals surface area contributed by atoms with Gasteiger partial charge in [0.05, 0.1) is 5.69 Å². The van der Waals surface area contributed by atoms with Crippen LogP contribution in [-0.2, 0) is 19.0 Å². The summed E-state index contributed by atoms with van der Waals surface area (Å²) in [7, 11) is 1.96. The highest BCUT2D eigenvalue weighted by Crippen LogP contribution is 2.33. The number of benzene rings is 1. The maximum Gasteiger partial charge on any atom is 0.0756 e. The summed E-state index contributed by atoms with van der Waals surface area (Å²) in [6.45, 7) is 7.10. The summed E-state index contributed by atoms with van der Waals surface area (Å²) in [5, 5.41) is 4.61. The first-order chi connectivity index (χ1) is 8.43. The van der Waals surface area contributed by atoms with Crippen LogP contribution in [0.15, 0.2) is 30.5 Å². The minimum atomic E-state index is 0.0261.